The summed E-state index contributed by atoms with van der Waals surface area (Å²) in [7, 11) is 0. The van der Waals surface area contributed by atoms with Gasteiger partial charge in [0.1, 0.15) is 0 Å². The van der Waals surface area contributed by atoms with E-state index < -0.39 is 0 Å². The van der Waals surface area contributed by atoms with Crippen molar-refractivity contribution < 1.29 is 9.32 Å². The van der Waals surface area contributed by atoms with Crippen molar-refractivity contribution >= 4 is 16.8 Å². The van der Waals surface area contributed by atoms with Crippen LogP contribution in [0.2, 0.25) is 0 Å². The highest BCUT2D eigenvalue weighted by molar-refractivity contribution is 5.90. The summed E-state index contributed by atoms with van der Waals surface area (Å²) in [5.41, 5.74) is 3.46. The number of rotatable bonds is 4. The van der Waals surface area contributed by atoms with Crippen molar-refractivity contribution in [2.75, 3.05) is 6.54 Å². The summed E-state index contributed by atoms with van der Waals surface area (Å²) >= 11 is 0. The normalized spacial score (nSPS) is 17.5. The number of H-pyrrole nitrogens is 1. The molecule has 4 rings (SSSR count). The van der Waals surface area contributed by atoms with Gasteiger partial charge in [0.15, 0.2) is 5.82 Å². The van der Waals surface area contributed by atoms with E-state index in [1.807, 2.05) is 11.1 Å². The zero-order valence-electron chi connectivity index (χ0n) is 14.6. The maximum Gasteiger partial charge on any atom is 0.227 e. The molecule has 1 fully saturated rings. The van der Waals surface area contributed by atoms with Crippen LogP contribution in [0.15, 0.2) is 28.9 Å². The first kappa shape index (κ1) is 15.9. The van der Waals surface area contributed by atoms with Gasteiger partial charge in [-0.1, -0.05) is 30.3 Å². The first-order valence-corrected chi connectivity index (χ1v) is 8.85. The highest BCUT2D eigenvalue weighted by Crippen LogP contribution is 2.31. The number of nitrogens with one attached hydrogen (secondary N) is 1. The van der Waals surface area contributed by atoms with E-state index >= 15 is 0 Å². The van der Waals surface area contributed by atoms with E-state index in [9.17, 15) is 4.79 Å². The average Bonchev–Trinajstić information content (AvgIpc) is 3.33. The SMILES string of the molecule is CCc1cccc2c(CC(=O)N3CCCC3c3noc(C)n3)c[nH]c12. The fourth-order valence-electron chi connectivity index (χ4n) is 3.76. The predicted octanol–water partition coefficient (Wildman–Crippen LogP) is 3.33. The topological polar surface area (TPSA) is 75.0 Å². The number of benzene rings is 1. The summed E-state index contributed by atoms with van der Waals surface area (Å²) in [4.78, 5) is 22.5. The van der Waals surface area contributed by atoms with Gasteiger partial charge in [-0.3, -0.25) is 4.79 Å². The highest BCUT2D eigenvalue weighted by Gasteiger charge is 2.33. The summed E-state index contributed by atoms with van der Waals surface area (Å²) in [6.07, 6.45) is 5.18. The minimum absolute atomic E-state index is 0.0682. The Balaban J connectivity index is 1.57. The molecule has 2 aromatic heterocycles. The Hall–Kier alpha value is -2.63. The van der Waals surface area contributed by atoms with Crippen LogP contribution in [-0.2, 0) is 17.6 Å². The van der Waals surface area contributed by atoms with E-state index in [2.05, 4.69) is 40.2 Å². The second kappa shape index (κ2) is 6.35. The van der Waals surface area contributed by atoms with Gasteiger partial charge in [0.25, 0.3) is 0 Å². The molecule has 6 heteroatoms. The van der Waals surface area contributed by atoms with Gasteiger partial charge in [0.2, 0.25) is 11.8 Å². The third kappa shape index (κ3) is 2.81. The number of nitrogens with zero attached hydrogens (tertiary/aromatic N) is 3. The Morgan fingerprint density at radius 3 is 3.04 bits per heavy atom. The quantitative estimate of drug-likeness (QED) is 0.792. The first-order chi connectivity index (χ1) is 12.2. The van der Waals surface area contributed by atoms with E-state index in [1.54, 1.807) is 6.92 Å². The number of aromatic amines is 1. The van der Waals surface area contributed by atoms with Gasteiger partial charge in [-0.05, 0) is 30.4 Å². The number of aryl methyl sites for hydroxylation is 2. The van der Waals surface area contributed by atoms with Gasteiger partial charge in [-0.2, -0.15) is 4.98 Å². The second-order valence-corrected chi connectivity index (χ2v) is 6.60. The molecule has 1 N–H and O–H groups in total. The van der Waals surface area contributed by atoms with Crippen LogP contribution in [0.5, 0.6) is 0 Å². The molecule has 1 aromatic carbocycles. The molecular formula is C19H22N4O2. The lowest BCUT2D eigenvalue weighted by atomic mass is 10.0. The maximum atomic E-state index is 12.9. The van der Waals surface area contributed by atoms with Gasteiger partial charge < -0.3 is 14.4 Å². The molecule has 130 valence electrons. The van der Waals surface area contributed by atoms with Crippen molar-refractivity contribution in [2.24, 2.45) is 0 Å². The minimum Gasteiger partial charge on any atom is -0.361 e. The molecule has 0 saturated carbocycles. The first-order valence-electron chi connectivity index (χ1n) is 8.85. The van der Waals surface area contributed by atoms with Crippen molar-refractivity contribution in [3.8, 4) is 0 Å². The Kier molecular flexibility index (Phi) is 4.03. The fourth-order valence-corrected chi connectivity index (χ4v) is 3.76. The number of aromatic nitrogens is 3. The van der Waals surface area contributed by atoms with E-state index in [0.717, 1.165) is 42.3 Å². The van der Waals surface area contributed by atoms with Crippen molar-refractivity contribution in [1.29, 1.82) is 0 Å². The van der Waals surface area contributed by atoms with Crippen LogP contribution in [0.4, 0.5) is 0 Å². The highest BCUT2D eigenvalue weighted by atomic mass is 16.5. The number of hydrogen-bond acceptors (Lipinski definition) is 4. The molecule has 25 heavy (non-hydrogen) atoms. The number of fused-ring (bicyclic) bond motifs is 1. The summed E-state index contributed by atoms with van der Waals surface area (Å²) in [6, 6.07) is 6.20. The molecule has 0 aliphatic carbocycles. The summed E-state index contributed by atoms with van der Waals surface area (Å²) in [5.74, 6) is 1.28. The largest absolute Gasteiger partial charge is 0.361 e. The Morgan fingerprint density at radius 2 is 2.28 bits per heavy atom. The van der Waals surface area contributed by atoms with E-state index in [0.29, 0.717) is 18.1 Å². The number of para-hydroxylation sites is 1. The lowest BCUT2D eigenvalue weighted by Crippen LogP contribution is -2.32. The summed E-state index contributed by atoms with van der Waals surface area (Å²) in [6.45, 7) is 4.66. The molecule has 1 aliphatic heterocycles. The molecule has 0 radical (unpaired) electrons. The van der Waals surface area contributed by atoms with Crippen LogP contribution >= 0.6 is 0 Å². The van der Waals surface area contributed by atoms with E-state index in [1.165, 1.54) is 5.56 Å². The Labute approximate surface area is 146 Å². The predicted molar refractivity (Wildman–Crippen MR) is 94.1 cm³/mol. The Bertz CT molecular complexity index is 911. The third-order valence-corrected chi connectivity index (χ3v) is 5.02. The maximum absolute atomic E-state index is 12.9. The number of carbonyl (C=O) groups excluding carboxylic acids is 1. The monoisotopic (exact) mass is 338 g/mol. The lowest BCUT2D eigenvalue weighted by molar-refractivity contribution is -0.131. The van der Waals surface area contributed by atoms with Gasteiger partial charge in [0.05, 0.1) is 12.5 Å². The standard InChI is InChI=1S/C19H22N4O2/c1-3-13-6-4-7-15-14(11-20-18(13)15)10-17(24)23-9-5-8-16(23)19-21-12(2)25-22-19/h4,6-7,11,16,20H,3,5,8-10H2,1-2H3. The molecule has 1 aliphatic rings. The van der Waals surface area contributed by atoms with Crippen LogP contribution < -0.4 is 0 Å². The molecule has 1 saturated heterocycles. The number of amides is 1. The van der Waals surface area contributed by atoms with Crippen molar-refractivity contribution in [3.63, 3.8) is 0 Å². The van der Waals surface area contributed by atoms with Gasteiger partial charge >= 0.3 is 0 Å². The second-order valence-electron chi connectivity index (χ2n) is 6.60. The van der Waals surface area contributed by atoms with Crippen LogP contribution in [0, 0.1) is 6.92 Å². The lowest BCUT2D eigenvalue weighted by Gasteiger charge is -2.22. The van der Waals surface area contributed by atoms with Crippen LogP contribution in [0.1, 0.15) is 48.6 Å². The van der Waals surface area contributed by atoms with Crippen LogP contribution in [0.3, 0.4) is 0 Å². The molecule has 1 unspecified atom stereocenters. The van der Waals surface area contributed by atoms with Crippen molar-refractivity contribution in [1.82, 2.24) is 20.0 Å². The molecule has 3 aromatic rings. The van der Waals surface area contributed by atoms with Gasteiger partial charge in [0, 0.05) is 30.6 Å². The zero-order chi connectivity index (χ0) is 17.4. The number of carbonyl (C=O) groups is 1. The fraction of sp³-hybridized carbons (Fsp3) is 0.421. The molecule has 1 atom stereocenters. The molecule has 3 heterocycles. The van der Waals surface area contributed by atoms with Crippen molar-refractivity contribution in [3.05, 3.63) is 47.2 Å². The van der Waals surface area contributed by atoms with Crippen molar-refractivity contribution in [2.45, 2.75) is 45.6 Å². The number of hydrogen-bond donors (Lipinski definition) is 1. The summed E-state index contributed by atoms with van der Waals surface area (Å²) in [5, 5.41) is 5.15. The molecular weight excluding hydrogens is 316 g/mol. The van der Waals surface area contributed by atoms with E-state index in [4.69, 9.17) is 4.52 Å². The average molecular weight is 338 g/mol. The van der Waals surface area contributed by atoms with Gasteiger partial charge in [-0.15, -0.1) is 0 Å². The molecule has 0 spiro atoms. The molecule has 6 nitrogen and oxygen atoms in total. The van der Waals surface area contributed by atoms with Gasteiger partial charge in [-0.25, -0.2) is 0 Å². The van der Waals surface area contributed by atoms with E-state index in [-0.39, 0.29) is 11.9 Å². The minimum atomic E-state index is -0.0682. The summed E-state index contributed by atoms with van der Waals surface area (Å²) < 4.78 is 5.09. The Morgan fingerprint density at radius 1 is 1.40 bits per heavy atom. The third-order valence-electron chi connectivity index (χ3n) is 5.02. The van der Waals surface area contributed by atoms with Crippen LogP contribution in [-0.4, -0.2) is 32.5 Å². The molecule has 1 amide bonds. The number of likely N-dealkylation sites (tertiary alicyclic amines) is 1. The molecule has 0 bridgehead atoms. The zero-order valence-corrected chi connectivity index (χ0v) is 14.6. The smallest absolute Gasteiger partial charge is 0.227 e. The van der Waals surface area contributed by atoms with Crippen LogP contribution in [0.25, 0.3) is 10.9 Å².